The molecule has 1 N–H and O–H groups in total. The monoisotopic (exact) mass is 287 g/mol. The molecule has 1 atom stereocenters. The van der Waals surface area contributed by atoms with E-state index in [4.69, 9.17) is 11.6 Å². The van der Waals surface area contributed by atoms with Crippen molar-refractivity contribution in [3.63, 3.8) is 0 Å². The molecule has 0 saturated heterocycles. The summed E-state index contributed by atoms with van der Waals surface area (Å²) in [6, 6.07) is 7.18. The van der Waals surface area contributed by atoms with Gasteiger partial charge in [-0.15, -0.1) is 11.3 Å². The fraction of sp³-hybridized carbons (Fsp3) is 0.231. The third kappa shape index (κ3) is 3.28. The van der Waals surface area contributed by atoms with E-state index < -0.39 is 11.6 Å². The Kier molecular flexibility index (Phi) is 4.32. The Morgan fingerprint density at radius 3 is 2.67 bits per heavy atom. The van der Waals surface area contributed by atoms with Crippen molar-refractivity contribution in [2.75, 3.05) is 0 Å². The lowest BCUT2D eigenvalue weighted by Crippen LogP contribution is -2.18. The second-order valence-corrected chi connectivity index (χ2v) is 5.77. The Morgan fingerprint density at radius 2 is 2.06 bits per heavy atom. The van der Waals surface area contributed by atoms with E-state index in [9.17, 15) is 8.78 Å². The first-order valence-electron chi connectivity index (χ1n) is 5.49. The first-order chi connectivity index (χ1) is 8.56. The fourth-order valence-corrected chi connectivity index (χ4v) is 2.70. The zero-order chi connectivity index (χ0) is 13.1. The van der Waals surface area contributed by atoms with E-state index >= 15 is 0 Å². The van der Waals surface area contributed by atoms with Gasteiger partial charge in [-0.2, -0.15) is 0 Å². The van der Waals surface area contributed by atoms with Crippen LogP contribution in [-0.4, -0.2) is 0 Å². The summed E-state index contributed by atoms with van der Waals surface area (Å²) in [5.74, 6) is -1.09. The number of benzene rings is 1. The summed E-state index contributed by atoms with van der Waals surface area (Å²) in [4.78, 5) is 1.08. The van der Waals surface area contributed by atoms with E-state index in [1.807, 2.05) is 19.1 Å². The molecule has 18 heavy (non-hydrogen) atoms. The summed E-state index contributed by atoms with van der Waals surface area (Å²) in [6.07, 6.45) is 0. The molecule has 1 aromatic heterocycles. The van der Waals surface area contributed by atoms with Crippen LogP contribution in [0.1, 0.15) is 23.4 Å². The topological polar surface area (TPSA) is 12.0 Å². The van der Waals surface area contributed by atoms with Crippen molar-refractivity contribution in [3.05, 3.63) is 56.7 Å². The zero-order valence-electron chi connectivity index (χ0n) is 9.71. The van der Waals surface area contributed by atoms with Crippen LogP contribution in [0.3, 0.4) is 0 Å². The van der Waals surface area contributed by atoms with Crippen LogP contribution < -0.4 is 5.32 Å². The third-order valence-corrected chi connectivity index (χ3v) is 3.87. The smallest absolute Gasteiger partial charge is 0.130 e. The minimum absolute atomic E-state index is 0.188. The van der Waals surface area contributed by atoms with E-state index in [0.29, 0.717) is 12.1 Å². The molecule has 1 unspecified atom stereocenters. The molecule has 0 bridgehead atoms. The molecular formula is C13H12ClF2NS. The van der Waals surface area contributed by atoms with Crippen LogP contribution in [0.2, 0.25) is 4.34 Å². The highest BCUT2D eigenvalue weighted by molar-refractivity contribution is 7.16. The van der Waals surface area contributed by atoms with E-state index in [0.717, 1.165) is 15.3 Å². The first-order valence-corrected chi connectivity index (χ1v) is 6.68. The van der Waals surface area contributed by atoms with Crippen molar-refractivity contribution in [3.8, 4) is 0 Å². The Hall–Kier alpha value is -0.970. The molecule has 0 aliphatic rings. The standard InChI is InChI=1S/C13H12ClF2NS/c1-8(11-4-2-9(15)6-12(11)16)17-7-10-3-5-13(14)18-10/h2-6,8,17H,7H2,1H3. The van der Waals surface area contributed by atoms with E-state index in [1.54, 1.807) is 0 Å². The van der Waals surface area contributed by atoms with Gasteiger partial charge in [-0.1, -0.05) is 17.7 Å². The number of nitrogens with one attached hydrogen (secondary N) is 1. The first kappa shape index (κ1) is 13.5. The molecule has 1 heterocycles. The maximum atomic E-state index is 13.5. The number of thiophene rings is 1. The molecule has 0 radical (unpaired) electrons. The van der Waals surface area contributed by atoms with Crippen molar-refractivity contribution in [2.24, 2.45) is 0 Å². The van der Waals surface area contributed by atoms with E-state index in [1.165, 1.54) is 23.5 Å². The van der Waals surface area contributed by atoms with E-state index in [-0.39, 0.29) is 6.04 Å². The molecule has 96 valence electrons. The maximum Gasteiger partial charge on any atom is 0.130 e. The van der Waals surface area contributed by atoms with Crippen LogP contribution in [0.4, 0.5) is 8.78 Å². The highest BCUT2D eigenvalue weighted by atomic mass is 35.5. The van der Waals surface area contributed by atoms with Gasteiger partial charge in [0.1, 0.15) is 11.6 Å². The van der Waals surface area contributed by atoms with Gasteiger partial charge in [-0.05, 0) is 25.1 Å². The van der Waals surface area contributed by atoms with Gasteiger partial charge >= 0.3 is 0 Å². The van der Waals surface area contributed by atoms with Crippen molar-refractivity contribution >= 4 is 22.9 Å². The number of rotatable bonds is 4. The van der Waals surface area contributed by atoms with Gasteiger partial charge < -0.3 is 5.32 Å². The SMILES string of the molecule is CC(NCc1ccc(Cl)s1)c1ccc(F)cc1F. The molecule has 1 nitrogen and oxygen atoms in total. The molecule has 0 amide bonds. The average molecular weight is 288 g/mol. The predicted molar refractivity (Wildman–Crippen MR) is 70.9 cm³/mol. The molecule has 1 aromatic carbocycles. The van der Waals surface area contributed by atoms with Gasteiger partial charge in [0.2, 0.25) is 0 Å². The second kappa shape index (κ2) is 5.78. The fourth-order valence-electron chi connectivity index (χ4n) is 1.66. The summed E-state index contributed by atoms with van der Waals surface area (Å²) in [5, 5.41) is 3.18. The van der Waals surface area contributed by atoms with Crippen LogP contribution in [0.15, 0.2) is 30.3 Å². The normalized spacial score (nSPS) is 12.7. The lowest BCUT2D eigenvalue weighted by atomic mass is 10.1. The Morgan fingerprint density at radius 1 is 1.28 bits per heavy atom. The lowest BCUT2D eigenvalue weighted by molar-refractivity contribution is 0.519. The Bertz CT molecular complexity index is 542. The molecule has 0 aliphatic carbocycles. The van der Waals surface area contributed by atoms with Gasteiger partial charge in [0, 0.05) is 29.1 Å². The molecule has 0 aliphatic heterocycles. The largest absolute Gasteiger partial charge is 0.305 e. The minimum atomic E-state index is -0.562. The number of hydrogen-bond acceptors (Lipinski definition) is 2. The summed E-state index contributed by atoms with van der Waals surface area (Å²) in [5.41, 5.74) is 0.457. The molecule has 2 rings (SSSR count). The number of hydrogen-bond donors (Lipinski definition) is 1. The second-order valence-electron chi connectivity index (χ2n) is 3.97. The Balaban J connectivity index is 2.01. The highest BCUT2D eigenvalue weighted by Gasteiger charge is 2.11. The van der Waals surface area contributed by atoms with Gasteiger partial charge in [-0.3, -0.25) is 0 Å². The summed E-state index contributed by atoms with van der Waals surface area (Å²) in [6.45, 7) is 2.45. The molecule has 5 heteroatoms. The quantitative estimate of drug-likeness (QED) is 0.871. The van der Waals surface area contributed by atoms with Crippen molar-refractivity contribution in [1.82, 2.24) is 5.32 Å². The number of halogens is 3. The van der Waals surface area contributed by atoms with Crippen molar-refractivity contribution < 1.29 is 8.78 Å². The maximum absolute atomic E-state index is 13.5. The van der Waals surface area contributed by atoms with Crippen LogP contribution in [-0.2, 0) is 6.54 Å². The zero-order valence-corrected chi connectivity index (χ0v) is 11.3. The molecule has 0 fully saturated rings. The van der Waals surface area contributed by atoms with Gasteiger partial charge in [0.05, 0.1) is 4.34 Å². The van der Waals surface area contributed by atoms with Crippen LogP contribution in [0, 0.1) is 11.6 Å². The molecule has 0 spiro atoms. The minimum Gasteiger partial charge on any atom is -0.305 e. The summed E-state index contributed by atoms with van der Waals surface area (Å²) in [7, 11) is 0. The predicted octanol–water partition coefficient (Wildman–Crippen LogP) is 4.53. The molecule has 0 saturated carbocycles. The average Bonchev–Trinajstić information content (AvgIpc) is 2.72. The van der Waals surface area contributed by atoms with Gasteiger partial charge in [0.15, 0.2) is 0 Å². The van der Waals surface area contributed by atoms with Crippen molar-refractivity contribution in [2.45, 2.75) is 19.5 Å². The molecular weight excluding hydrogens is 276 g/mol. The van der Waals surface area contributed by atoms with Crippen LogP contribution >= 0.6 is 22.9 Å². The summed E-state index contributed by atoms with van der Waals surface area (Å²) >= 11 is 7.31. The van der Waals surface area contributed by atoms with Crippen molar-refractivity contribution in [1.29, 1.82) is 0 Å². The molecule has 2 aromatic rings. The van der Waals surface area contributed by atoms with Gasteiger partial charge in [0.25, 0.3) is 0 Å². The van der Waals surface area contributed by atoms with E-state index in [2.05, 4.69) is 5.32 Å². The van der Waals surface area contributed by atoms with Crippen LogP contribution in [0.5, 0.6) is 0 Å². The van der Waals surface area contributed by atoms with Crippen LogP contribution in [0.25, 0.3) is 0 Å². The lowest BCUT2D eigenvalue weighted by Gasteiger charge is -2.14. The van der Waals surface area contributed by atoms with Gasteiger partial charge in [-0.25, -0.2) is 8.78 Å². The highest BCUT2D eigenvalue weighted by Crippen LogP contribution is 2.23. The Labute approximate surface area is 113 Å². The summed E-state index contributed by atoms with van der Waals surface area (Å²) < 4.78 is 27.1. The third-order valence-electron chi connectivity index (χ3n) is 2.64.